The predicted octanol–water partition coefficient (Wildman–Crippen LogP) is 0.183. The molecular weight excluding hydrogens is 212 g/mol. The Balaban J connectivity index is 3.70. The Morgan fingerprint density at radius 3 is 2.87 bits per heavy atom. The lowest BCUT2D eigenvalue weighted by atomic mass is 10.4. The van der Waals surface area contributed by atoms with E-state index in [4.69, 9.17) is 10.6 Å². The molecule has 0 aliphatic carbocycles. The van der Waals surface area contributed by atoms with Crippen molar-refractivity contribution in [1.82, 2.24) is 10.7 Å². The number of rotatable bonds is 7. The van der Waals surface area contributed by atoms with Crippen LogP contribution in [0.1, 0.15) is 13.3 Å². The monoisotopic (exact) mass is 234 g/mol. The minimum atomic E-state index is 0.508. The number of methoxy groups -OCH3 is 1. The second-order valence-electron chi connectivity index (χ2n) is 3.15. The van der Waals surface area contributed by atoms with Gasteiger partial charge in [-0.1, -0.05) is 6.92 Å². The number of nitrogens with zero attached hydrogens (tertiary/aromatic N) is 1. The van der Waals surface area contributed by atoms with Gasteiger partial charge in [0.15, 0.2) is 0 Å². The largest absolute Gasteiger partial charge is 0.385 e. The molecule has 15 heavy (non-hydrogen) atoms. The third-order valence-corrected chi connectivity index (χ3v) is 2.82. The number of ether oxygens (including phenoxy) is 1. The van der Waals surface area contributed by atoms with Gasteiger partial charge < -0.3 is 10.1 Å². The van der Waals surface area contributed by atoms with E-state index in [0.717, 1.165) is 26.1 Å². The van der Waals surface area contributed by atoms with Gasteiger partial charge in [-0.05, 0) is 12.7 Å². The second kappa shape index (κ2) is 10.1. The zero-order valence-electron chi connectivity index (χ0n) is 9.75. The lowest BCUT2D eigenvalue weighted by Gasteiger charge is -2.10. The molecule has 0 fully saturated rings. The minimum absolute atomic E-state index is 0.508. The topological polar surface area (TPSA) is 71.7 Å². The summed E-state index contributed by atoms with van der Waals surface area (Å²) in [6.45, 7) is 4.45. The highest BCUT2D eigenvalue weighted by atomic mass is 32.2. The molecule has 0 aromatic carbocycles. The number of hydrazine groups is 1. The summed E-state index contributed by atoms with van der Waals surface area (Å²) in [6, 6.07) is 0. The van der Waals surface area contributed by atoms with Crippen LogP contribution in [0.4, 0.5) is 0 Å². The molecule has 6 heteroatoms. The fourth-order valence-corrected chi connectivity index (χ4v) is 1.09. The molecule has 90 valence electrons. The smallest absolute Gasteiger partial charge is 0.205 e. The number of thioether (sulfide) groups is 1. The zero-order chi connectivity index (χ0) is 11.5. The maximum Gasteiger partial charge on any atom is 0.205 e. The molecule has 0 aliphatic heterocycles. The molecule has 0 bridgehead atoms. The van der Waals surface area contributed by atoms with Crippen LogP contribution in [-0.4, -0.2) is 44.3 Å². The van der Waals surface area contributed by atoms with Crippen LogP contribution in [-0.2, 0) is 4.74 Å². The van der Waals surface area contributed by atoms with Crippen LogP contribution in [0.2, 0.25) is 0 Å². The van der Waals surface area contributed by atoms with Gasteiger partial charge in [0.2, 0.25) is 5.96 Å². The van der Waals surface area contributed by atoms with Crippen LogP contribution in [0.3, 0.4) is 0 Å². The van der Waals surface area contributed by atoms with E-state index in [0.29, 0.717) is 11.2 Å². The summed E-state index contributed by atoms with van der Waals surface area (Å²) in [6.07, 6.45) is 3.01. The van der Waals surface area contributed by atoms with Crippen molar-refractivity contribution in [3.8, 4) is 0 Å². The van der Waals surface area contributed by atoms with Gasteiger partial charge in [-0.2, -0.15) is 11.8 Å². The summed E-state index contributed by atoms with van der Waals surface area (Å²) in [5.74, 6) is 5.98. The number of aliphatic imine (C=N–C) groups is 1. The molecule has 0 radical (unpaired) electrons. The third kappa shape index (κ3) is 8.53. The van der Waals surface area contributed by atoms with E-state index in [1.54, 1.807) is 18.9 Å². The first-order valence-electron chi connectivity index (χ1n) is 5.01. The van der Waals surface area contributed by atoms with Gasteiger partial charge in [-0.3, -0.25) is 10.4 Å². The van der Waals surface area contributed by atoms with E-state index in [-0.39, 0.29) is 0 Å². The maximum absolute atomic E-state index is 5.33. The van der Waals surface area contributed by atoms with Gasteiger partial charge in [-0.15, -0.1) is 0 Å². The van der Waals surface area contributed by atoms with Crippen molar-refractivity contribution in [2.75, 3.05) is 33.1 Å². The molecule has 1 unspecified atom stereocenters. The molecular formula is C9H22N4OS. The molecule has 5 nitrogen and oxygen atoms in total. The van der Waals surface area contributed by atoms with Crippen LogP contribution in [0.5, 0.6) is 0 Å². The predicted molar refractivity (Wildman–Crippen MR) is 67.1 cm³/mol. The first-order chi connectivity index (χ1) is 7.24. The standard InChI is InChI=1S/C9H22N4OS/c1-8(15-3)7-12-9(13-10)11-5-4-6-14-2/h8H,4-7,10H2,1-3H3,(H2,11,12,13). The number of guanidine groups is 1. The minimum Gasteiger partial charge on any atom is -0.385 e. The molecule has 0 amide bonds. The Kier molecular flexibility index (Phi) is 9.76. The molecule has 0 aromatic heterocycles. The average Bonchev–Trinajstić information content (AvgIpc) is 2.27. The summed E-state index contributed by atoms with van der Waals surface area (Å²) in [4.78, 5) is 4.32. The maximum atomic E-state index is 5.33. The molecule has 0 aromatic rings. The van der Waals surface area contributed by atoms with Gasteiger partial charge >= 0.3 is 0 Å². The highest BCUT2D eigenvalue weighted by molar-refractivity contribution is 7.99. The van der Waals surface area contributed by atoms with Gasteiger partial charge in [0.25, 0.3) is 0 Å². The fourth-order valence-electron chi connectivity index (χ4n) is 0.870. The van der Waals surface area contributed by atoms with Crippen molar-refractivity contribution in [1.29, 1.82) is 0 Å². The first kappa shape index (κ1) is 14.5. The van der Waals surface area contributed by atoms with Crippen molar-refractivity contribution in [2.24, 2.45) is 10.8 Å². The lowest BCUT2D eigenvalue weighted by molar-refractivity contribution is 0.195. The second-order valence-corrected chi connectivity index (χ2v) is 4.43. The van der Waals surface area contributed by atoms with Crippen molar-refractivity contribution in [3.05, 3.63) is 0 Å². The molecule has 0 spiro atoms. The third-order valence-electron chi connectivity index (χ3n) is 1.86. The van der Waals surface area contributed by atoms with Gasteiger partial charge in [0, 0.05) is 25.5 Å². The van der Waals surface area contributed by atoms with E-state index in [1.165, 1.54) is 0 Å². The number of hydrogen-bond donors (Lipinski definition) is 3. The van der Waals surface area contributed by atoms with Crippen LogP contribution in [0.15, 0.2) is 4.99 Å². The molecule has 0 saturated heterocycles. The van der Waals surface area contributed by atoms with E-state index in [2.05, 4.69) is 28.9 Å². The molecule has 0 rings (SSSR count). The number of hydrogen-bond acceptors (Lipinski definition) is 4. The van der Waals surface area contributed by atoms with Crippen molar-refractivity contribution in [2.45, 2.75) is 18.6 Å². The molecule has 0 heterocycles. The first-order valence-corrected chi connectivity index (χ1v) is 6.30. The quantitative estimate of drug-likeness (QED) is 0.193. The Labute approximate surface area is 96.2 Å². The average molecular weight is 234 g/mol. The van der Waals surface area contributed by atoms with Crippen LogP contribution in [0, 0.1) is 0 Å². The highest BCUT2D eigenvalue weighted by Crippen LogP contribution is 2.04. The molecule has 0 aliphatic rings. The zero-order valence-corrected chi connectivity index (χ0v) is 10.6. The van der Waals surface area contributed by atoms with Crippen LogP contribution in [0.25, 0.3) is 0 Å². The van der Waals surface area contributed by atoms with Crippen LogP contribution >= 0.6 is 11.8 Å². The van der Waals surface area contributed by atoms with Crippen molar-refractivity contribution >= 4 is 17.7 Å². The van der Waals surface area contributed by atoms with Gasteiger partial charge in [-0.25, -0.2) is 5.84 Å². The normalized spacial score (nSPS) is 13.7. The van der Waals surface area contributed by atoms with E-state index >= 15 is 0 Å². The number of nitrogens with one attached hydrogen (secondary N) is 2. The van der Waals surface area contributed by atoms with E-state index in [1.807, 2.05) is 0 Å². The summed E-state index contributed by atoms with van der Waals surface area (Å²) in [7, 11) is 1.69. The summed E-state index contributed by atoms with van der Waals surface area (Å²) < 4.78 is 4.94. The SMILES string of the molecule is COCCCNC(=NCC(C)SC)NN. The van der Waals surface area contributed by atoms with Crippen molar-refractivity contribution < 1.29 is 4.74 Å². The van der Waals surface area contributed by atoms with Gasteiger partial charge in [0.05, 0.1) is 6.54 Å². The van der Waals surface area contributed by atoms with Crippen LogP contribution < -0.4 is 16.6 Å². The Hall–Kier alpha value is -0.460. The fraction of sp³-hybridized carbons (Fsp3) is 0.889. The molecule has 4 N–H and O–H groups in total. The van der Waals surface area contributed by atoms with Crippen molar-refractivity contribution in [3.63, 3.8) is 0 Å². The summed E-state index contributed by atoms with van der Waals surface area (Å²) in [5, 5.41) is 3.62. The Bertz CT molecular complexity index is 177. The summed E-state index contributed by atoms with van der Waals surface area (Å²) in [5.41, 5.74) is 2.55. The summed E-state index contributed by atoms with van der Waals surface area (Å²) >= 11 is 1.79. The van der Waals surface area contributed by atoms with E-state index in [9.17, 15) is 0 Å². The van der Waals surface area contributed by atoms with Gasteiger partial charge in [0.1, 0.15) is 0 Å². The lowest BCUT2D eigenvalue weighted by Crippen LogP contribution is -2.42. The Morgan fingerprint density at radius 1 is 1.60 bits per heavy atom. The molecule has 0 saturated carbocycles. The molecule has 1 atom stereocenters. The Morgan fingerprint density at radius 2 is 2.33 bits per heavy atom. The van der Waals surface area contributed by atoms with E-state index < -0.39 is 0 Å². The number of nitrogens with two attached hydrogens (primary N) is 1. The highest BCUT2D eigenvalue weighted by Gasteiger charge is 1.99.